The second-order valence-corrected chi connectivity index (χ2v) is 6.15. The van der Waals surface area contributed by atoms with Crippen LogP contribution in [0.15, 0.2) is 29.2 Å². The lowest BCUT2D eigenvalue weighted by Gasteiger charge is -2.17. The monoisotopic (exact) mass is 270 g/mol. The van der Waals surface area contributed by atoms with Crippen LogP contribution in [0.5, 0.6) is 0 Å². The number of carbonyl (C=O) groups excluding carboxylic acids is 1. The molecule has 0 aliphatic carbocycles. The Morgan fingerprint density at radius 2 is 2.06 bits per heavy atom. The van der Waals surface area contributed by atoms with Crippen molar-refractivity contribution in [3.8, 4) is 0 Å². The Bertz CT molecular complexity index is 526. The molecule has 5 nitrogen and oxygen atoms in total. The Kier molecular flexibility index (Phi) is 4.86. The summed E-state index contributed by atoms with van der Waals surface area (Å²) in [5.41, 5.74) is 0.386. The highest BCUT2D eigenvalue weighted by Crippen LogP contribution is 2.12. The minimum atomic E-state index is -3.28. The SMILES string of the molecule is CNCCN(C)C(=O)c1cccc(S(C)(=O)=O)c1. The fraction of sp³-hybridized carbons (Fsp3) is 0.417. The summed E-state index contributed by atoms with van der Waals surface area (Å²) in [7, 11) is 0.211. The van der Waals surface area contributed by atoms with Crippen LogP contribution in [0.3, 0.4) is 0 Å². The van der Waals surface area contributed by atoms with Crippen LogP contribution in [-0.2, 0) is 9.84 Å². The van der Waals surface area contributed by atoms with Crippen LogP contribution in [0.4, 0.5) is 0 Å². The highest BCUT2D eigenvalue weighted by Gasteiger charge is 2.14. The van der Waals surface area contributed by atoms with E-state index in [1.165, 1.54) is 12.1 Å². The molecule has 0 aliphatic heterocycles. The molecule has 0 heterocycles. The first-order valence-corrected chi connectivity index (χ1v) is 7.45. The molecule has 0 bridgehead atoms. The molecule has 1 amide bonds. The summed E-state index contributed by atoms with van der Waals surface area (Å²) in [5, 5.41) is 2.95. The van der Waals surface area contributed by atoms with Crippen molar-refractivity contribution in [1.82, 2.24) is 10.2 Å². The van der Waals surface area contributed by atoms with Gasteiger partial charge in [0.2, 0.25) is 0 Å². The summed E-state index contributed by atoms with van der Waals surface area (Å²) in [4.78, 5) is 13.7. The molecular weight excluding hydrogens is 252 g/mol. The molecular formula is C12H18N2O3S. The molecule has 1 N–H and O–H groups in total. The van der Waals surface area contributed by atoms with Crippen molar-refractivity contribution in [1.29, 1.82) is 0 Å². The Labute approximate surface area is 108 Å². The molecule has 0 unspecified atom stereocenters. The summed E-state index contributed by atoms with van der Waals surface area (Å²) in [6, 6.07) is 6.09. The number of likely N-dealkylation sites (N-methyl/N-ethyl adjacent to an activating group) is 2. The highest BCUT2D eigenvalue weighted by atomic mass is 32.2. The smallest absolute Gasteiger partial charge is 0.253 e. The number of benzene rings is 1. The molecule has 18 heavy (non-hydrogen) atoms. The Morgan fingerprint density at radius 1 is 1.39 bits per heavy atom. The van der Waals surface area contributed by atoms with E-state index in [0.717, 1.165) is 6.26 Å². The van der Waals surface area contributed by atoms with Gasteiger partial charge in [0.1, 0.15) is 0 Å². The summed E-state index contributed by atoms with van der Waals surface area (Å²) in [5.74, 6) is -0.184. The van der Waals surface area contributed by atoms with Crippen molar-refractivity contribution in [3.63, 3.8) is 0 Å². The van der Waals surface area contributed by atoms with Gasteiger partial charge in [0.05, 0.1) is 4.90 Å². The second-order valence-electron chi connectivity index (χ2n) is 4.13. The topological polar surface area (TPSA) is 66.5 Å². The minimum absolute atomic E-state index is 0.162. The average Bonchev–Trinajstić information content (AvgIpc) is 2.34. The lowest BCUT2D eigenvalue weighted by molar-refractivity contribution is 0.0796. The lowest BCUT2D eigenvalue weighted by Crippen LogP contribution is -2.32. The van der Waals surface area contributed by atoms with Crippen molar-refractivity contribution in [2.45, 2.75) is 4.90 Å². The molecule has 1 aromatic rings. The van der Waals surface area contributed by atoms with Crippen LogP contribution < -0.4 is 5.32 Å². The van der Waals surface area contributed by atoms with Crippen LogP contribution in [0.1, 0.15) is 10.4 Å². The molecule has 0 fully saturated rings. The molecule has 0 spiro atoms. The first kappa shape index (κ1) is 14.7. The zero-order valence-corrected chi connectivity index (χ0v) is 11.6. The molecule has 0 radical (unpaired) electrons. The predicted octanol–water partition coefficient (Wildman–Crippen LogP) is 0.381. The van der Waals surface area contributed by atoms with E-state index < -0.39 is 9.84 Å². The number of hydrogen-bond acceptors (Lipinski definition) is 4. The van der Waals surface area contributed by atoms with Crippen LogP contribution in [0.2, 0.25) is 0 Å². The van der Waals surface area contributed by atoms with Gasteiger partial charge < -0.3 is 10.2 Å². The number of nitrogens with one attached hydrogen (secondary N) is 1. The zero-order chi connectivity index (χ0) is 13.8. The summed E-state index contributed by atoms with van der Waals surface area (Å²) in [6.07, 6.45) is 1.13. The summed E-state index contributed by atoms with van der Waals surface area (Å²) in [6.45, 7) is 1.26. The van der Waals surface area contributed by atoms with Crippen molar-refractivity contribution < 1.29 is 13.2 Å². The Hall–Kier alpha value is -1.40. The summed E-state index contributed by atoms with van der Waals surface area (Å²) < 4.78 is 22.8. The normalized spacial score (nSPS) is 11.3. The van der Waals surface area contributed by atoms with Crippen molar-refractivity contribution >= 4 is 15.7 Å². The molecule has 0 aromatic heterocycles. The van der Waals surface area contributed by atoms with Gasteiger partial charge >= 0.3 is 0 Å². The molecule has 0 atom stereocenters. The van der Waals surface area contributed by atoms with Crippen LogP contribution in [-0.4, -0.2) is 52.7 Å². The van der Waals surface area contributed by atoms with Crippen LogP contribution in [0, 0.1) is 0 Å². The van der Waals surface area contributed by atoms with E-state index in [1.54, 1.807) is 24.1 Å². The first-order valence-electron chi connectivity index (χ1n) is 5.56. The molecule has 1 aromatic carbocycles. The van der Waals surface area contributed by atoms with E-state index in [9.17, 15) is 13.2 Å². The van der Waals surface area contributed by atoms with Gasteiger partial charge in [0.15, 0.2) is 9.84 Å². The number of carbonyl (C=O) groups is 1. The largest absolute Gasteiger partial charge is 0.340 e. The molecule has 100 valence electrons. The number of nitrogens with zero attached hydrogens (tertiary/aromatic N) is 1. The van der Waals surface area contributed by atoms with E-state index in [0.29, 0.717) is 18.7 Å². The van der Waals surface area contributed by atoms with E-state index in [1.807, 2.05) is 7.05 Å². The molecule has 0 aliphatic rings. The number of hydrogen-bond donors (Lipinski definition) is 1. The quantitative estimate of drug-likeness (QED) is 0.840. The molecule has 6 heteroatoms. The van der Waals surface area contributed by atoms with E-state index in [4.69, 9.17) is 0 Å². The number of amides is 1. The van der Waals surface area contributed by atoms with Crippen LogP contribution >= 0.6 is 0 Å². The standard InChI is InChI=1S/C12H18N2O3S/c1-13-7-8-14(2)12(15)10-5-4-6-11(9-10)18(3,16)17/h4-6,9,13H,7-8H2,1-3H3. The maximum atomic E-state index is 12.0. The van der Waals surface area contributed by atoms with Gasteiger partial charge in [-0.05, 0) is 25.2 Å². The highest BCUT2D eigenvalue weighted by molar-refractivity contribution is 7.90. The third-order valence-electron chi connectivity index (χ3n) is 2.55. The van der Waals surface area contributed by atoms with Gasteiger partial charge in [-0.1, -0.05) is 6.07 Å². The predicted molar refractivity (Wildman–Crippen MR) is 70.4 cm³/mol. The summed E-state index contributed by atoms with van der Waals surface area (Å²) >= 11 is 0. The molecule has 1 rings (SSSR count). The van der Waals surface area contributed by atoms with E-state index in [-0.39, 0.29) is 10.8 Å². The Morgan fingerprint density at radius 3 is 2.61 bits per heavy atom. The number of rotatable bonds is 5. The van der Waals surface area contributed by atoms with Crippen molar-refractivity contribution in [3.05, 3.63) is 29.8 Å². The third-order valence-corrected chi connectivity index (χ3v) is 3.66. The van der Waals surface area contributed by atoms with E-state index >= 15 is 0 Å². The van der Waals surface area contributed by atoms with Gasteiger partial charge in [-0.3, -0.25) is 4.79 Å². The first-order chi connectivity index (χ1) is 8.36. The van der Waals surface area contributed by atoms with Gasteiger partial charge in [-0.25, -0.2) is 8.42 Å². The maximum Gasteiger partial charge on any atom is 0.253 e. The van der Waals surface area contributed by atoms with Gasteiger partial charge in [0, 0.05) is 32.0 Å². The molecule has 0 saturated heterocycles. The van der Waals surface area contributed by atoms with Crippen molar-refractivity contribution in [2.24, 2.45) is 0 Å². The van der Waals surface area contributed by atoms with Gasteiger partial charge in [0.25, 0.3) is 5.91 Å². The zero-order valence-electron chi connectivity index (χ0n) is 10.8. The fourth-order valence-corrected chi connectivity index (χ4v) is 2.13. The third kappa shape index (κ3) is 3.82. The van der Waals surface area contributed by atoms with Gasteiger partial charge in [-0.15, -0.1) is 0 Å². The Balaban J connectivity index is 2.93. The minimum Gasteiger partial charge on any atom is -0.340 e. The average molecular weight is 270 g/mol. The lowest BCUT2D eigenvalue weighted by atomic mass is 10.2. The number of sulfone groups is 1. The fourth-order valence-electron chi connectivity index (χ4n) is 1.46. The van der Waals surface area contributed by atoms with Crippen molar-refractivity contribution in [2.75, 3.05) is 33.4 Å². The molecule has 0 saturated carbocycles. The maximum absolute atomic E-state index is 12.0. The second kappa shape index (κ2) is 5.97. The van der Waals surface area contributed by atoms with Crippen LogP contribution in [0.25, 0.3) is 0 Å². The van der Waals surface area contributed by atoms with Gasteiger partial charge in [-0.2, -0.15) is 0 Å². The van der Waals surface area contributed by atoms with E-state index in [2.05, 4.69) is 5.32 Å².